The molecule has 0 saturated carbocycles. The summed E-state index contributed by atoms with van der Waals surface area (Å²) in [5, 5.41) is 10.6. The maximum absolute atomic E-state index is 15.0. The lowest BCUT2D eigenvalue weighted by molar-refractivity contribution is 0.0307. The Balaban J connectivity index is 1.98. The van der Waals surface area contributed by atoms with Gasteiger partial charge in [0.15, 0.2) is 29.0 Å². The minimum atomic E-state index is -0.907. The quantitative estimate of drug-likeness (QED) is 0.683. The van der Waals surface area contributed by atoms with Crippen LogP contribution in [0.2, 0.25) is 0 Å². The van der Waals surface area contributed by atoms with E-state index in [1.165, 1.54) is 26.5 Å². The first-order valence-electron chi connectivity index (χ1n) is 8.75. The van der Waals surface area contributed by atoms with Crippen molar-refractivity contribution in [3.05, 3.63) is 30.0 Å². The summed E-state index contributed by atoms with van der Waals surface area (Å²) in [4.78, 5) is 14.4. The lowest BCUT2D eigenvalue weighted by Gasteiger charge is -2.45. The van der Waals surface area contributed by atoms with Crippen LogP contribution < -0.4 is 20.1 Å². The lowest BCUT2D eigenvalue weighted by Crippen LogP contribution is -2.60. The molecule has 10 heteroatoms. The topological polar surface area (TPSA) is 107 Å². The first-order chi connectivity index (χ1) is 13.7. The molecule has 0 spiro atoms. The number of nitrogen functional groups attached to an aromatic ring is 1. The van der Waals surface area contributed by atoms with E-state index in [1.54, 1.807) is 11.8 Å². The second-order valence-electron chi connectivity index (χ2n) is 7.13. The van der Waals surface area contributed by atoms with Gasteiger partial charge in [0.05, 0.1) is 31.1 Å². The first kappa shape index (κ1) is 19.1. The monoisotopic (exact) mass is 403 g/mol. The van der Waals surface area contributed by atoms with Crippen LogP contribution in [-0.4, -0.2) is 53.0 Å². The summed E-state index contributed by atoms with van der Waals surface area (Å²) < 4.78 is 40.0. The fourth-order valence-corrected chi connectivity index (χ4v) is 3.42. The standard InChI is InChI=1S/C19H19F2N5O3/c1-19(27)7-26(8-19)17-16-9(6-23-18(22)25-16)4-10(24-17)13-14(20)11(28-2)5-12(29-3)15(13)21/h4-6,27H,7-8H2,1-3H3,(H2,22,23,25). The van der Waals surface area contributed by atoms with Gasteiger partial charge >= 0.3 is 0 Å². The summed E-state index contributed by atoms with van der Waals surface area (Å²) in [5.41, 5.74) is 4.86. The maximum atomic E-state index is 15.0. The van der Waals surface area contributed by atoms with Gasteiger partial charge in [0.25, 0.3) is 0 Å². The maximum Gasteiger partial charge on any atom is 0.220 e. The number of aliphatic hydroxyl groups is 1. The number of halogens is 2. The van der Waals surface area contributed by atoms with E-state index < -0.39 is 22.8 Å². The number of rotatable bonds is 4. The Labute approximate surface area is 164 Å². The molecule has 0 atom stereocenters. The minimum Gasteiger partial charge on any atom is -0.494 e. The van der Waals surface area contributed by atoms with E-state index in [1.807, 2.05) is 0 Å². The molecule has 1 saturated heterocycles. The van der Waals surface area contributed by atoms with Gasteiger partial charge in [0.2, 0.25) is 5.95 Å². The van der Waals surface area contributed by atoms with Crippen LogP contribution in [0.25, 0.3) is 22.2 Å². The molecule has 0 amide bonds. The summed E-state index contributed by atoms with van der Waals surface area (Å²) in [6.07, 6.45) is 1.46. The predicted molar refractivity (Wildman–Crippen MR) is 103 cm³/mol. The zero-order chi connectivity index (χ0) is 20.9. The Morgan fingerprint density at radius 2 is 1.72 bits per heavy atom. The molecule has 152 valence electrons. The highest BCUT2D eigenvalue weighted by Gasteiger charge is 2.38. The predicted octanol–water partition coefficient (Wildman–Crippen LogP) is 2.14. The second kappa shape index (κ2) is 6.66. The molecule has 1 fully saturated rings. The third kappa shape index (κ3) is 3.15. The van der Waals surface area contributed by atoms with Crippen LogP contribution in [0, 0.1) is 11.6 Å². The largest absolute Gasteiger partial charge is 0.494 e. The average Bonchev–Trinajstić information content (AvgIpc) is 2.66. The summed E-state index contributed by atoms with van der Waals surface area (Å²) >= 11 is 0. The summed E-state index contributed by atoms with van der Waals surface area (Å²) in [5.74, 6) is -1.78. The molecule has 0 aliphatic carbocycles. The van der Waals surface area contributed by atoms with Gasteiger partial charge < -0.3 is 25.2 Å². The molecule has 0 unspecified atom stereocenters. The number of nitrogens with two attached hydrogens (primary N) is 1. The highest BCUT2D eigenvalue weighted by Crippen LogP contribution is 2.40. The van der Waals surface area contributed by atoms with Crippen molar-refractivity contribution in [2.75, 3.05) is 37.9 Å². The first-order valence-corrected chi connectivity index (χ1v) is 8.75. The van der Waals surface area contributed by atoms with Gasteiger partial charge in [0, 0.05) is 30.7 Å². The number of hydrogen-bond donors (Lipinski definition) is 2. The molecule has 1 aliphatic heterocycles. The molecule has 2 aromatic heterocycles. The normalized spacial score (nSPS) is 15.3. The zero-order valence-electron chi connectivity index (χ0n) is 16.0. The molecular weight excluding hydrogens is 384 g/mol. The number of hydrogen-bond acceptors (Lipinski definition) is 8. The van der Waals surface area contributed by atoms with Gasteiger partial charge in [-0.3, -0.25) is 0 Å². The number of fused-ring (bicyclic) bond motifs is 1. The van der Waals surface area contributed by atoms with E-state index >= 15 is 0 Å². The Morgan fingerprint density at radius 1 is 1.10 bits per heavy atom. The van der Waals surface area contributed by atoms with Crippen molar-refractivity contribution in [1.82, 2.24) is 15.0 Å². The van der Waals surface area contributed by atoms with Gasteiger partial charge in [-0.2, -0.15) is 0 Å². The highest BCUT2D eigenvalue weighted by molar-refractivity contribution is 5.92. The van der Waals surface area contributed by atoms with E-state index in [-0.39, 0.29) is 36.2 Å². The van der Waals surface area contributed by atoms with Crippen molar-refractivity contribution in [3.63, 3.8) is 0 Å². The van der Waals surface area contributed by atoms with Crippen LogP contribution in [0.5, 0.6) is 11.5 Å². The molecule has 1 aromatic carbocycles. The number of anilines is 2. The van der Waals surface area contributed by atoms with E-state index in [4.69, 9.17) is 15.2 Å². The number of ether oxygens (including phenoxy) is 2. The van der Waals surface area contributed by atoms with Crippen LogP contribution in [0.4, 0.5) is 20.5 Å². The molecule has 8 nitrogen and oxygen atoms in total. The summed E-state index contributed by atoms with van der Waals surface area (Å²) in [7, 11) is 2.55. The molecule has 3 heterocycles. The zero-order valence-corrected chi connectivity index (χ0v) is 16.0. The smallest absolute Gasteiger partial charge is 0.220 e. The molecule has 1 aliphatic rings. The molecule has 3 N–H and O–H groups in total. The van der Waals surface area contributed by atoms with Gasteiger partial charge in [-0.05, 0) is 13.0 Å². The Hall–Kier alpha value is -3.27. The number of methoxy groups -OCH3 is 2. The van der Waals surface area contributed by atoms with Gasteiger partial charge in [0.1, 0.15) is 5.52 Å². The third-order valence-corrected chi connectivity index (χ3v) is 4.76. The summed E-state index contributed by atoms with van der Waals surface area (Å²) in [6.45, 7) is 2.26. The van der Waals surface area contributed by atoms with Gasteiger partial charge in [-0.15, -0.1) is 0 Å². The van der Waals surface area contributed by atoms with Crippen LogP contribution in [-0.2, 0) is 0 Å². The van der Waals surface area contributed by atoms with E-state index in [2.05, 4.69) is 15.0 Å². The molecule has 4 rings (SSSR count). The van der Waals surface area contributed by atoms with Crippen LogP contribution in [0.1, 0.15) is 6.92 Å². The summed E-state index contributed by atoms with van der Waals surface area (Å²) in [6, 6.07) is 2.60. The Morgan fingerprint density at radius 3 is 2.28 bits per heavy atom. The molecular formula is C19H19F2N5O3. The molecule has 0 bridgehead atoms. The fourth-order valence-electron chi connectivity index (χ4n) is 3.42. The number of nitrogens with zero attached hydrogens (tertiary/aromatic N) is 4. The lowest BCUT2D eigenvalue weighted by atomic mass is 9.96. The second-order valence-corrected chi connectivity index (χ2v) is 7.13. The van der Waals surface area contributed by atoms with E-state index in [0.29, 0.717) is 16.7 Å². The van der Waals surface area contributed by atoms with Crippen LogP contribution in [0.3, 0.4) is 0 Å². The fraction of sp³-hybridized carbons (Fsp3) is 0.316. The van der Waals surface area contributed by atoms with Crippen LogP contribution in [0.15, 0.2) is 18.3 Å². The molecule has 29 heavy (non-hydrogen) atoms. The van der Waals surface area contributed by atoms with E-state index in [0.717, 1.165) is 6.07 Å². The minimum absolute atomic E-state index is 0.0135. The number of pyridine rings is 1. The Kier molecular flexibility index (Phi) is 4.38. The SMILES string of the molecule is COc1cc(OC)c(F)c(-c2cc3cnc(N)nc3c(N3CC(C)(O)C3)n2)c1F. The van der Waals surface area contributed by atoms with E-state index in [9.17, 15) is 13.9 Å². The van der Waals surface area contributed by atoms with Crippen molar-refractivity contribution in [2.24, 2.45) is 0 Å². The van der Waals surface area contributed by atoms with Crippen LogP contribution >= 0.6 is 0 Å². The van der Waals surface area contributed by atoms with Crippen molar-refractivity contribution in [1.29, 1.82) is 0 Å². The van der Waals surface area contributed by atoms with Crippen molar-refractivity contribution in [3.8, 4) is 22.8 Å². The number of benzene rings is 1. The van der Waals surface area contributed by atoms with Crippen molar-refractivity contribution >= 4 is 22.7 Å². The third-order valence-electron chi connectivity index (χ3n) is 4.76. The van der Waals surface area contributed by atoms with Crippen molar-refractivity contribution in [2.45, 2.75) is 12.5 Å². The van der Waals surface area contributed by atoms with Gasteiger partial charge in [-0.1, -0.05) is 0 Å². The molecule has 0 radical (unpaired) electrons. The Bertz CT molecular complexity index is 1090. The van der Waals surface area contributed by atoms with Crippen molar-refractivity contribution < 1.29 is 23.4 Å². The number of β-amino-alcohol motifs (C(OH)–C–C–N with tert-alkyl or cyclic N) is 1. The van der Waals surface area contributed by atoms with Gasteiger partial charge in [-0.25, -0.2) is 23.7 Å². The highest BCUT2D eigenvalue weighted by atomic mass is 19.1. The average molecular weight is 403 g/mol. The number of aromatic nitrogens is 3. The molecule has 3 aromatic rings.